The predicted molar refractivity (Wildman–Crippen MR) is 147 cm³/mol. The summed E-state index contributed by atoms with van der Waals surface area (Å²) >= 11 is 13.0. The van der Waals surface area contributed by atoms with Crippen LogP contribution in [-0.4, -0.2) is 47.4 Å². The lowest BCUT2D eigenvalue weighted by Crippen LogP contribution is -2.50. The third-order valence-electron chi connectivity index (χ3n) is 7.98. The zero-order valence-corrected chi connectivity index (χ0v) is 23.3. The maximum atomic E-state index is 14.4. The van der Waals surface area contributed by atoms with Gasteiger partial charge < -0.3 is 24.2 Å². The van der Waals surface area contributed by atoms with Crippen molar-refractivity contribution in [2.75, 3.05) is 12.4 Å². The molecule has 1 aromatic heterocycles. The standard InChI is InChI=1S/C29H28Cl2FN3O5/c1-38-28(36)16-7-10-23(32)24(11-16)33-29(37)35-17-8-9-18(35)13-19(12-17)39-14-20-26(34-40-27(20)15-5-6-15)25-21(30)3-2-4-22(25)31/h2-4,7,10-11,15,17-19H,5-6,8-9,12-14H2,1H3,(H,33,37)/t17-,18?,19?/m0/s1. The largest absolute Gasteiger partial charge is 0.465 e. The maximum Gasteiger partial charge on any atom is 0.337 e. The molecule has 40 heavy (non-hydrogen) atoms. The summed E-state index contributed by atoms with van der Waals surface area (Å²) in [6.07, 6.45) is 4.99. The molecule has 1 N–H and O–H groups in total. The van der Waals surface area contributed by atoms with Crippen LogP contribution in [0.15, 0.2) is 40.9 Å². The second-order valence-electron chi connectivity index (χ2n) is 10.6. The number of rotatable bonds is 7. The van der Waals surface area contributed by atoms with Crippen molar-refractivity contribution in [2.24, 2.45) is 0 Å². The number of hydrogen-bond acceptors (Lipinski definition) is 6. The zero-order chi connectivity index (χ0) is 28.0. The lowest BCUT2D eigenvalue weighted by atomic mass is 9.99. The van der Waals surface area contributed by atoms with E-state index in [4.69, 9.17) is 37.2 Å². The number of nitrogens with zero attached hydrogens (tertiary/aromatic N) is 2. The number of halogens is 3. The number of benzene rings is 2. The van der Waals surface area contributed by atoms with E-state index in [1.807, 2.05) is 0 Å². The highest BCUT2D eigenvalue weighted by atomic mass is 35.5. The molecular weight excluding hydrogens is 560 g/mol. The summed E-state index contributed by atoms with van der Waals surface area (Å²) in [5.74, 6) is -0.0877. The van der Waals surface area contributed by atoms with Crippen molar-refractivity contribution in [1.82, 2.24) is 10.1 Å². The van der Waals surface area contributed by atoms with E-state index in [1.165, 1.54) is 19.2 Å². The molecule has 1 aliphatic carbocycles. The molecule has 8 nitrogen and oxygen atoms in total. The summed E-state index contributed by atoms with van der Waals surface area (Å²) in [5.41, 5.74) is 2.21. The van der Waals surface area contributed by atoms with Crippen molar-refractivity contribution < 1.29 is 28.0 Å². The molecule has 3 atom stereocenters. The molecule has 0 spiro atoms. The first-order valence-corrected chi connectivity index (χ1v) is 14.1. The number of urea groups is 1. The third-order valence-corrected chi connectivity index (χ3v) is 8.61. The van der Waals surface area contributed by atoms with Gasteiger partial charge in [0.2, 0.25) is 0 Å². The normalized spacial score (nSPS) is 21.9. The number of amides is 2. The van der Waals surface area contributed by atoms with Crippen molar-refractivity contribution in [3.05, 3.63) is 69.1 Å². The first kappa shape index (κ1) is 27.1. The number of aromatic nitrogens is 1. The van der Waals surface area contributed by atoms with Crippen LogP contribution < -0.4 is 5.32 Å². The quantitative estimate of drug-likeness (QED) is 0.294. The Hall–Kier alpha value is -3.14. The summed E-state index contributed by atoms with van der Waals surface area (Å²) in [7, 11) is 1.25. The molecule has 3 aliphatic rings. The van der Waals surface area contributed by atoms with Gasteiger partial charge in [0.05, 0.1) is 41.1 Å². The summed E-state index contributed by atoms with van der Waals surface area (Å²) in [4.78, 5) is 26.9. The fourth-order valence-corrected chi connectivity index (χ4v) is 6.47. The molecule has 3 heterocycles. The summed E-state index contributed by atoms with van der Waals surface area (Å²) < 4.78 is 31.3. The number of hydrogen-bond donors (Lipinski definition) is 1. The molecule has 3 aromatic rings. The molecule has 6 rings (SSSR count). The van der Waals surface area contributed by atoms with E-state index >= 15 is 0 Å². The van der Waals surface area contributed by atoms with E-state index in [9.17, 15) is 14.0 Å². The Morgan fingerprint density at radius 2 is 1.80 bits per heavy atom. The van der Waals surface area contributed by atoms with Gasteiger partial charge in [0.15, 0.2) is 0 Å². The van der Waals surface area contributed by atoms with Gasteiger partial charge in [-0.25, -0.2) is 14.0 Å². The monoisotopic (exact) mass is 587 g/mol. The van der Waals surface area contributed by atoms with Crippen LogP contribution in [0.1, 0.15) is 66.1 Å². The molecule has 2 aliphatic heterocycles. The lowest BCUT2D eigenvalue weighted by Gasteiger charge is -2.38. The van der Waals surface area contributed by atoms with Gasteiger partial charge in [-0.1, -0.05) is 34.4 Å². The van der Waals surface area contributed by atoms with Gasteiger partial charge in [-0.15, -0.1) is 0 Å². The summed E-state index contributed by atoms with van der Waals surface area (Å²) in [5, 5.41) is 7.98. The highest BCUT2D eigenvalue weighted by molar-refractivity contribution is 6.39. The molecule has 210 valence electrons. The van der Waals surface area contributed by atoms with Crippen LogP contribution in [0, 0.1) is 5.82 Å². The number of anilines is 1. The maximum absolute atomic E-state index is 14.4. The Bertz CT molecular complexity index is 1430. The van der Waals surface area contributed by atoms with Crippen LogP contribution in [0.5, 0.6) is 0 Å². The van der Waals surface area contributed by atoms with Crippen molar-refractivity contribution >= 4 is 40.9 Å². The predicted octanol–water partition coefficient (Wildman–Crippen LogP) is 7.20. The fraction of sp³-hybridized carbons (Fsp3) is 0.414. The molecule has 2 bridgehead atoms. The Morgan fingerprint density at radius 1 is 1.10 bits per heavy atom. The molecule has 11 heteroatoms. The fourth-order valence-electron chi connectivity index (χ4n) is 5.89. The number of fused-ring (bicyclic) bond motifs is 2. The molecule has 2 saturated heterocycles. The minimum Gasteiger partial charge on any atom is -0.465 e. The minimum atomic E-state index is -0.624. The van der Waals surface area contributed by atoms with Crippen LogP contribution in [0.2, 0.25) is 10.0 Å². The Labute approximate surface area is 240 Å². The second-order valence-corrected chi connectivity index (χ2v) is 11.4. The van der Waals surface area contributed by atoms with Crippen LogP contribution in [0.25, 0.3) is 11.3 Å². The van der Waals surface area contributed by atoms with E-state index in [0.29, 0.717) is 46.7 Å². The van der Waals surface area contributed by atoms with Crippen molar-refractivity contribution in [2.45, 2.75) is 69.2 Å². The van der Waals surface area contributed by atoms with Gasteiger partial charge in [0, 0.05) is 29.1 Å². The number of nitrogens with one attached hydrogen (secondary N) is 1. The molecule has 0 radical (unpaired) electrons. The summed E-state index contributed by atoms with van der Waals surface area (Å²) in [6.45, 7) is 0.300. The van der Waals surface area contributed by atoms with E-state index in [-0.39, 0.29) is 29.4 Å². The number of ether oxygens (including phenoxy) is 2. The van der Waals surface area contributed by atoms with Crippen molar-refractivity contribution in [3.8, 4) is 11.3 Å². The minimum absolute atomic E-state index is 0.0431. The van der Waals surface area contributed by atoms with Gasteiger partial charge >= 0.3 is 12.0 Å². The first-order valence-electron chi connectivity index (χ1n) is 13.4. The van der Waals surface area contributed by atoms with Crippen LogP contribution in [-0.2, 0) is 16.1 Å². The number of carbonyl (C=O) groups excluding carboxylic acids is 2. The third kappa shape index (κ3) is 5.18. The van der Waals surface area contributed by atoms with Gasteiger partial charge in [0.25, 0.3) is 0 Å². The number of piperidine rings is 1. The van der Waals surface area contributed by atoms with E-state index < -0.39 is 17.8 Å². The van der Waals surface area contributed by atoms with E-state index in [0.717, 1.165) is 43.1 Å². The molecular formula is C29H28Cl2FN3O5. The molecule has 1 saturated carbocycles. The number of carbonyl (C=O) groups is 2. The summed E-state index contributed by atoms with van der Waals surface area (Å²) in [6, 6.07) is 8.60. The highest BCUT2D eigenvalue weighted by Gasteiger charge is 2.44. The number of esters is 1. The highest BCUT2D eigenvalue weighted by Crippen LogP contribution is 2.46. The Morgan fingerprint density at radius 3 is 2.45 bits per heavy atom. The average molecular weight is 588 g/mol. The molecule has 3 fully saturated rings. The lowest BCUT2D eigenvalue weighted by molar-refractivity contribution is -0.0158. The van der Waals surface area contributed by atoms with E-state index in [2.05, 4.69) is 10.5 Å². The smallest absolute Gasteiger partial charge is 0.337 e. The zero-order valence-electron chi connectivity index (χ0n) is 21.8. The van der Waals surface area contributed by atoms with Crippen molar-refractivity contribution in [1.29, 1.82) is 0 Å². The molecule has 2 amide bonds. The van der Waals surface area contributed by atoms with Gasteiger partial charge in [0.1, 0.15) is 17.3 Å². The molecule has 2 aromatic carbocycles. The van der Waals surface area contributed by atoms with Gasteiger partial charge in [-0.2, -0.15) is 0 Å². The SMILES string of the molecule is COC(=O)c1ccc(F)c(NC(=O)N2C3CC[C@H]2CC(OCc2c(-c4c(Cl)cccc4Cl)noc2C2CC2)C3)c1. The van der Waals surface area contributed by atoms with Crippen LogP contribution in [0.4, 0.5) is 14.9 Å². The van der Waals surface area contributed by atoms with E-state index in [1.54, 1.807) is 23.1 Å². The van der Waals surface area contributed by atoms with Gasteiger partial charge in [-0.3, -0.25) is 0 Å². The topological polar surface area (TPSA) is 93.9 Å². The average Bonchev–Trinajstić information content (AvgIpc) is 3.64. The Balaban J connectivity index is 1.14. The second kappa shape index (κ2) is 11.0. The van der Waals surface area contributed by atoms with Crippen LogP contribution in [0.3, 0.4) is 0 Å². The Kier molecular flexibility index (Phi) is 7.46. The first-order chi connectivity index (χ1) is 19.3. The van der Waals surface area contributed by atoms with Crippen LogP contribution >= 0.6 is 23.2 Å². The van der Waals surface area contributed by atoms with Crippen molar-refractivity contribution in [3.63, 3.8) is 0 Å². The van der Waals surface area contributed by atoms with Gasteiger partial charge in [-0.05, 0) is 68.9 Å². The number of methoxy groups -OCH3 is 1. The molecule has 2 unspecified atom stereocenters.